The summed E-state index contributed by atoms with van der Waals surface area (Å²) < 4.78 is 0. The highest BCUT2D eigenvalue weighted by atomic mass is 16.4. The number of nitrogens with one attached hydrogen (secondary N) is 1. The zero-order valence-corrected chi connectivity index (χ0v) is 14.2. The van der Waals surface area contributed by atoms with Crippen LogP contribution in [0.5, 0.6) is 0 Å². The maximum Gasteiger partial charge on any atom is 0.310 e. The van der Waals surface area contributed by atoms with E-state index in [1.165, 1.54) is 19.3 Å². The van der Waals surface area contributed by atoms with Crippen molar-refractivity contribution >= 4 is 11.9 Å². The van der Waals surface area contributed by atoms with Crippen molar-refractivity contribution in [2.24, 2.45) is 11.3 Å². The fourth-order valence-electron chi connectivity index (χ4n) is 2.51. The van der Waals surface area contributed by atoms with Gasteiger partial charge in [-0.05, 0) is 25.2 Å². The number of hydrogen-bond donors (Lipinski definition) is 2. The Hall–Kier alpha value is -1.06. The van der Waals surface area contributed by atoms with Crippen LogP contribution in [0.1, 0.15) is 79.1 Å². The highest BCUT2D eigenvalue weighted by molar-refractivity contribution is 5.84. The molecule has 0 bridgehead atoms. The maximum atomic E-state index is 11.9. The van der Waals surface area contributed by atoms with Crippen molar-refractivity contribution < 1.29 is 14.7 Å². The molecule has 0 radical (unpaired) electrons. The molecule has 0 heterocycles. The van der Waals surface area contributed by atoms with Crippen LogP contribution in [0.2, 0.25) is 0 Å². The van der Waals surface area contributed by atoms with Crippen molar-refractivity contribution in [2.45, 2.75) is 79.1 Å². The molecule has 0 unspecified atom stereocenters. The van der Waals surface area contributed by atoms with Gasteiger partial charge < -0.3 is 10.4 Å². The summed E-state index contributed by atoms with van der Waals surface area (Å²) in [6, 6.07) is 0. The first-order chi connectivity index (χ1) is 9.88. The number of carboxylic acid groups (broad SMARTS) is 1. The van der Waals surface area contributed by atoms with E-state index in [-0.39, 0.29) is 12.3 Å². The van der Waals surface area contributed by atoms with Crippen LogP contribution in [0.15, 0.2) is 0 Å². The maximum absolute atomic E-state index is 11.9. The van der Waals surface area contributed by atoms with E-state index in [2.05, 4.69) is 19.2 Å². The average molecular weight is 299 g/mol. The van der Waals surface area contributed by atoms with Gasteiger partial charge in [-0.1, -0.05) is 53.4 Å². The van der Waals surface area contributed by atoms with Crippen LogP contribution >= 0.6 is 0 Å². The third-order valence-corrected chi connectivity index (χ3v) is 4.34. The zero-order chi connectivity index (χ0) is 16.3. The predicted octanol–water partition coefficient (Wildman–Crippen LogP) is 3.99. The van der Waals surface area contributed by atoms with Crippen LogP contribution < -0.4 is 5.32 Å². The monoisotopic (exact) mass is 299 g/mol. The second-order valence-electron chi connectivity index (χ2n) is 6.42. The normalized spacial score (nSPS) is 11.7. The lowest BCUT2D eigenvalue weighted by Gasteiger charge is -2.25. The minimum Gasteiger partial charge on any atom is -0.481 e. The molecule has 0 fully saturated rings. The molecule has 0 aromatic carbocycles. The Kier molecular flexibility index (Phi) is 10.1. The van der Waals surface area contributed by atoms with E-state index in [1.54, 1.807) is 0 Å². The molecular formula is C17H33NO3. The highest BCUT2D eigenvalue weighted by Crippen LogP contribution is 2.30. The predicted molar refractivity (Wildman–Crippen MR) is 86.2 cm³/mol. The Bertz CT molecular complexity index is 309. The van der Waals surface area contributed by atoms with Gasteiger partial charge in [0.25, 0.3) is 0 Å². The number of hydrogen-bond acceptors (Lipinski definition) is 2. The van der Waals surface area contributed by atoms with Gasteiger partial charge in [-0.15, -0.1) is 0 Å². The lowest BCUT2D eigenvalue weighted by Crippen LogP contribution is -2.37. The topological polar surface area (TPSA) is 66.4 Å². The lowest BCUT2D eigenvalue weighted by atomic mass is 9.79. The van der Waals surface area contributed by atoms with E-state index in [4.69, 9.17) is 0 Å². The molecule has 0 aromatic heterocycles. The minimum atomic E-state index is -0.901. The van der Waals surface area contributed by atoms with Crippen LogP contribution in [0, 0.1) is 11.3 Å². The number of amides is 1. The molecule has 0 saturated heterocycles. The molecular weight excluding hydrogens is 266 g/mol. The van der Waals surface area contributed by atoms with Gasteiger partial charge in [0, 0.05) is 13.0 Å². The first-order valence-corrected chi connectivity index (χ1v) is 8.38. The Morgan fingerprint density at radius 2 is 1.62 bits per heavy atom. The van der Waals surface area contributed by atoms with E-state index < -0.39 is 11.4 Å². The minimum absolute atomic E-state index is 0.0860. The van der Waals surface area contributed by atoms with Gasteiger partial charge in [0.1, 0.15) is 0 Å². The van der Waals surface area contributed by atoms with Crippen molar-refractivity contribution in [1.82, 2.24) is 5.32 Å². The number of rotatable bonds is 12. The van der Waals surface area contributed by atoms with Gasteiger partial charge >= 0.3 is 5.97 Å². The number of carboxylic acids is 1. The average Bonchev–Trinajstić information content (AvgIpc) is 2.43. The summed E-state index contributed by atoms with van der Waals surface area (Å²) in [5, 5.41) is 12.2. The van der Waals surface area contributed by atoms with Gasteiger partial charge in [0.05, 0.1) is 5.41 Å². The SMILES string of the molecule is CCC(CC)(CC(=O)NCCCCCCC(C)C)C(=O)O. The number of carbonyl (C=O) groups excluding carboxylic acids is 1. The van der Waals surface area contributed by atoms with E-state index in [0.29, 0.717) is 19.4 Å². The van der Waals surface area contributed by atoms with Crippen molar-refractivity contribution in [3.63, 3.8) is 0 Å². The van der Waals surface area contributed by atoms with E-state index in [0.717, 1.165) is 18.8 Å². The Labute approximate surface area is 129 Å². The highest BCUT2D eigenvalue weighted by Gasteiger charge is 2.36. The molecule has 0 aliphatic carbocycles. The molecule has 0 rings (SSSR count). The molecule has 21 heavy (non-hydrogen) atoms. The van der Waals surface area contributed by atoms with Gasteiger partial charge in [-0.2, -0.15) is 0 Å². The Morgan fingerprint density at radius 1 is 1.05 bits per heavy atom. The van der Waals surface area contributed by atoms with E-state index in [1.807, 2.05) is 13.8 Å². The van der Waals surface area contributed by atoms with Gasteiger partial charge in [-0.25, -0.2) is 0 Å². The molecule has 0 spiro atoms. The molecule has 4 nitrogen and oxygen atoms in total. The third-order valence-electron chi connectivity index (χ3n) is 4.34. The van der Waals surface area contributed by atoms with Gasteiger partial charge in [0.2, 0.25) is 5.91 Å². The summed E-state index contributed by atoms with van der Waals surface area (Å²) >= 11 is 0. The van der Waals surface area contributed by atoms with E-state index in [9.17, 15) is 14.7 Å². The van der Waals surface area contributed by atoms with Crippen LogP contribution in [-0.4, -0.2) is 23.5 Å². The molecule has 0 atom stereocenters. The van der Waals surface area contributed by atoms with Crippen molar-refractivity contribution in [3.05, 3.63) is 0 Å². The second kappa shape index (κ2) is 10.6. The van der Waals surface area contributed by atoms with Crippen molar-refractivity contribution in [1.29, 1.82) is 0 Å². The fourth-order valence-corrected chi connectivity index (χ4v) is 2.51. The van der Waals surface area contributed by atoms with Gasteiger partial charge in [-0.3, -0.25) is 9.59 Å². The molecule has 0 aliphatic heterocycles. The molecule has 124 valence electrons. The van der Waals surface area contributed by atoms with Crippen LogP contribution in [0.3, 0.4) is 0 Å². The second-order valence-corrected chi connectivity index (χ2v) is 6.42. The van der Waals surface area contributed by atoms with Crippen molar-refractivity contribution in [3.8, 4) is 0 Å². The molecule has 4 heteroatoms. The van der Waals surface area contributed by atoms with Crippen LogP contribution in [0.4, 0.5) is 0 Å². The quantitative estimate of drug-likeness (QED) is 0.535. The number of aliphatic carboxylic acids is 1. The smallest absolute Gasteiger partial charge is 0.310 e. The summed E-state index contributed by atoms with van der Waals surface area (Å²) in [6.45, 7) is 8.79. The number of unbranched alkanes of at least 4 members (excludes halogenated alkanes) is 3. The van der Waals surface area contributed by atoms with Crippen LogP contribution in [0.25, 0.3) is 0 Å². The molecule has 2 N–H and O–H groups in total. The molecule has 0 aliphatic rings. The molecule has 0 aromatic rings. The van der Waals surface area contributed by atoms with Crippen molar-refractivity contribution in [2.75, 3.05) is 6.54 Å². The zero-order valence-electron chi connectivity index (χ0n) is 14.2. The first kappa shape index (κ1) is 19.9. The Morgan fingerprint density at radius 3 is 2.10 bits per heavy atom. The fraction of sp³-hybridized carbons (Fsp3) is 0.882. The summed E-state index contributed by atoms with van der Waals surface area (Å²) in [7, 11) is 0. The summed E-state index contributed by atoms with van der Waals surface area (Å²) in [5.41, 5.74) is -0.901. The molecule has 0 saturated carbocycles. The number of carbonyl (C=O) groups is 2. The van der Waals surface area contributed by atoms with Gasteiger partial charge in [0.15, 0.2) is 0 Å². The standard InChI is InChI=1S/C17H33NO3/c1-5-17(6-2,16(20)21)13-15(19)18-12-10-8-7-9-11-14(3)4/h14H,5-13H2,1-4H3,(H,18,19)(H,20,21). The molecule has 1 amide bonds. The van der Waals surface area contributed by atoms with E-state index >= 15 is 0 Å². The lowest BCUT2D eigenvalue weighted by molar-refractivity contribution is -0.152. The largest absolute Gasteiger partial charge is 0.481 e. The Balaban J connectivity index is 3.87. The third kappa shape index (κ3) is 8.08. The summed E-state index contributed by atoms with van der Waals surface area (Å²) in [4.78, 5) is 23.2. The van der Waals surface area contributed by atoms with Crippen LogP contribution in [-0.2, 0) is 9.59 Å². The summed E-state index contributed by atoms with van der Waals surface area (Å²) in [6.07, 6.45) is 6.88. The summed E-state index contributed by atoms with van der Waals surface area (Å²) in [5.74, 6) is -0.239. The first-order valence-electron chi connectivity index (χ1n) is 8.38.